The lowest BCUT2D eigenvalue weighted by Gasteiger charge is -2.17. The van der Waals surface area contributed by atoms with Gasteiger partial charge in [0, 0.05) is 13.2 Å². The molecule has 1 aromatic carbocycles. The lowest BCUT2D eigenvalue weighted by molar-refractivity contribution is -0.127. The van der Waals surface area contributed by atoms with Crippen LogP contribution in [0.5, 0.6) is 5.75 Å². The Bertz CT molecular complexity index is 547. The predicted octanol–water partition coefficient (Wildman–Crippen LogP) is 1.44. The van der Waals surface area contributed by atoms with E-state index in [-0.39, 0.29) is 12.0 Å². The topological polar surface area (TPSA) is 71.6 Å². The highest BCUT2D eigenvalue weighted by Gasteiger charge is 2.17. The smallest absolute Gasteiger partial charge is 0.279 e. The van der Waals surface area contributed by atoms with Gasteiger partial charge in [0.15, 0.2) is 11.2 Å². The van der Waals surface area contributed by atoms with E-state index >= 15 is 0 Å². The maximum atomic E-state index is 12.0. The molecular formula is C16H23N3O3S. The maximum absolute atomic E-state index is 12.0. The van der Waals surface area contributed by atoms with Gasteiger partial charge in [-0.15, -0.1) is 0 Å². The van der Waals surface area contributed by atoms with E-state index in [1.807, 2.05) is 31.2 Å². The number of amides is 1. The molecule has 0 spiro atoms. The number of carbonyl (C=O) groups is 1. The molecule has 126 valence electrons. The largest absolute Gasteiger partial charge is 0.481 e. The average Bonchev–Trinajstić information content (AvgIpc) is 3.04. The Morgan fingerprint density at radius 1 is 1.48 bits per heavy atom. The summed E-state index contributed by atoms with van der Waals surface area (Å²) < 4.78 is 11.1. The van der Waals surface area contributed by atoms with Gasteiger partial charge in [-0.3, -0.25) is 15.6 Å². The fourth-order valence-electron chi connectivity index (χ4n) is 2.22. The number of ether oxygens (including phenoxy) is 2. The molecule has 23 heavy (non-hydrogen) atoms. The van der Waals surface area contributed by atoms with E-state index in [1.54, 1.807) is 6.92 Å². The predicted molar refractivity (Wildman–Crippen MR) is 92.1 cm³/mol. The van der Waals surface area contributed by atoms with E-state index < -0.39 is 6.10 Å². The standard InChI is InChI=1S/C16H23N3O3S/c1-11-5-3-6-13(9-11)22-12(2)15(20)18-19-16(23)17-10-14-7-4-8-21-14/h3,5-6,9,12,14H,4,7-8,10H2,1-2H3,(H,18,20)(H2,17,19,23)/t12-,14+/m1/s1. The van der Waals surface area contributed by atoms with Gasteiger partial charge in [0.25, 0.3) is 5.91 Å². The summed E-state index contributed by atoms with van der Waals surface area (Å²) in [7, 11) is 0. The lowest BCUT2D eigenvalue weighted by atomic mass is 10.2. The zero-order valence-corrected chi connectivity index (χ0v) is 14.2. The molecule has 1 aromatic rings. The number of hydrogen-bond donors (Lipinski definition) is 3. The number of carbonyl (C=O) groups excluding carboxylic acids is 1. The summed E-state index contributed by atoms with van der Waals surface area (Å²) in [4.78, 5) is 12.0. The number of aryl methyl sites for hydroxylation is 1. The van der Waals surface area contributed by atoms with E-state index in [9.17, 15) is 4.79 Å². The van der Waals surface area contributed by atoms with Crippen molar-refractivity contribution in [3.8, 4) is 5.75 Å². The minimum atomic E-state index is -0.634. The highest BCUT2D eigenvalue weighted by Crippen LogP contribution is 2.14. The van der Waals surface area contributed by atoms with Crippen molar-refractivity contribution < 1.29 is 14.3 Å². The van der Waals surface area contributed by atoms with E-state index in [0.29, 0.717) is 17.4 Å². The van der Waals surface area contributed by atoms with Crippen LogP contribution in [0.1, 0.15) is 25.3 Å². The van der Waals surface area contributed by atoms with Crippen LogP contribution in [-0.4, -0.2) is 36.4 Å². The van der Waals surface area contributed by atoms with Crippen LogP contribution in [0.2, 0.25) is 0 Å². The second kappa shape index (κ2) is 8.69. The zero-order valence-electron chi connectivity index (χ0n) is 13.4. The summed E-state index contributed by atoms with van der Waals surface area (Å²) in [6.45, 7) is 5.09. The lowest BCUT2D eigenvalue weighted by Crippen LogP contribution is -2.51. The second-order valence-corrected chi connectivity index (χ2v) is 5.94. The number of rotatable bonds is 5. The molecular weight excluding hydrogens is 314 g/mol. The normalized spacial score (nSPS) is 18.1. The summed E-state index contributed by atoms with van der Waals surface area (Å²) in [5.41, 5.74) is 6.28. The Morgan fingerprint density at radius 3 is 3.00 bits per heavy atom. The fraction of sp³-hybridized carbons (Fsp3) is 0.500. The van der Waals surface area contributed by atoms with Crippen molar-refractivity contribution in [1.29, 1.82) is 0 Å². The van der Waals surface area contributed by atoms with Crippen molar-refractivity contribution >= 4 is 23.2 Å². The molecule has 1 saturated heterocycles. The van der Waals surface area contributed by atoms with Gasteiger partial charge in [-0.25, -0.2) is 0 Å². The van der Waals surface area contributed by atoms with Crippen molar-refractivity contribution in [3.63, 3.8) is 0 Å². The third kappa shape index (κ3) is 6.03. The molecule has 3 N–H and O–H groups in total. The fourth-order valence-corrected chi connectivity index (χ4v) is 2.36. The summed E-state index contributed by atoms with van der Waals surface area (Å²) >= 11 is 5.11. The van der Waals surface area contributed by atoms with Gasteiger partial charge in [-0.1, -0.05) is 12.1 Å². The summed E-state index contributed by atoms with van der Waals surface area (Å²) in [5, 5.41) is 3.37. The van der Waals surface area contributed by atoms with Crippen molar-refractivity contribution in [2.75, 3.05) is 13.2 Å². The third-order valence-electron chi connectivity index (χ3n) is 3.49. The monoisotopic (exact) mass is 337 g/mol. The summed E-state index contributed by atoms with van der Waals surface area (Å²) in [6.07, 6.45) is 1.67. The molecule has 0 aliphatic carbocycles. The zero-order chi connectivity index (χ0) is 16.7. The van der Waals surface area contributed by atoms with E-state index in [0.717, 1.165) is 25.0 Å². The van der Waals surface area contributed by atoms with E-state index in [2.05, 4.69) is 16.2 Å². The minimum absolute atomic E-state index is 0.189. The van der Waals surface area contributed by atoms with Crippen molar-refractivity contribution in [1.82, 2.24) is 16.2 Å². The van der Waals surface area contributed by atoms with E-state index in [4.69, 9.17) is 21.7 Å². The number of benzene rings is 1. The van der Waals surface area contributed by atoms with E-state index in [1.165, 1.54) is 0 Å². The highest BCUT2D eigenvalue weighted by molar-refractivity contribution is 7.80. The van der Waals surface area contributed by atoms with Crippen LogP contribution in [0.25, 0.3) is 0 Å². The molecule has 0 saturated carbocycles. The molecule has 1 amide bonds. The quantitative estimate of drug-likeness (QED) is 0.558. The van der Waals surface area contributed by atoms with Gasteiger partial charge in [0.1, 0.15) is 5.75 Å². The Hall–Kier alpha value is -1.86. The van der Waals surface area contributed by atoms with Crippen LogP contribution in [0.4, 0.5) is 0 Å². The SMILES string of the molecule is Cc1cccc(O[C@H](C)C(=O)NNC(=S)NC[C@@H]2CCCO2)c1. The molecule has 0 radical (unpaired) electrons. The molecule has 0 bridgehead atoms. The molecule has 2 atom stereocenters. The van der Waals surface area contributed by atoms with Crippen molar-refractivity contribution in [2.24, 2.45) is 0 Å². The molecule has 2 rings (SSSR count). The Balaban J connectivity index is 1.67. The molecule has 1 aliphatic rings. The maximum Gasteiger partial charge on any atom is 0.279 e. The molecule has 0 unspecified atom stereocenters. The van der Waals surface area contributed by atoms with Crippen LogP contribution < -0.4 is 20.9 Å². The van der Waals surface area contributed by atoms with Gasteiger partial charge >= 0.3 is 0 Å². The first-order chi connectivity index (χ1) is 11.0. The minimum Gasteiger partial charge on any atom is -0.481 e. The first-order valence-corrected chi connectivity index (χ1v) is 8.14. The van der Waals surface area contributed by atoms with Gasteiger partial charge in [0.05, 0.1) is 6.10 Å². The molecule has 0 aromatic heterocycles. The molecule has 7 heteroatoms. The first-order valence-electron chi connectivity index (χ1n) is 7.73. The van der Waals surface area contributed by atoms with Crippen LogP contribution >= 0.6 is 12.2 Å². The second-order valence-electron chi connectivity index (χ2n) is 5.54. The summed E-state index contributed by atoms with van der Waals surface area (Å²) in [5.74, 6) is 0.361. The molecule has 1 aliphatic heterocycles. The van der Waals surface area contributed by atoms with Crippen molar-refractivity contribution in [2.45, 2.75) is 38.9 Å². The van der Waals surface area contributed by atoms with Gasteiger partial charge in [0.2, 0.25) is 0 Å². The van der Waals surface area contributed by atoms with Gasteiger partial charge in [-0.05, 0) is 56.6 Å². The number of hydrogen-bond acceptors (Lipinski definition) is 4. The van der Waals surface area contributed by atoms with Crippen molar-refractivity contribution in [3.05, 3.63) is 29.8 Å². The average molecular weight is 337 g/mol. The Morgan fingerprint density at radius 2 is 2.30 bits per heavy atom. The molecule has 1 heterocycles. The van der Waals surface area contributed by atoms with Crippen LogP contribution in [0.3, 0.4) is 0 Å². The van der Waals surface area contributed by atoms with Gasteiger partial charge < -0.3 is 14.8 Å². The van der Waals surface area contributed by atoms with Crippen LogP contribution in [0, 0.1) is 6.92 Å². The number of hydrazine groups is 1. The Labute approximate surface area is 141 Å². The summed E-state index contributed by atoms with van der Waals surface area (Å²) in [6, 6.07) is 7.55. The molecule has 1 fully saturated rings. The number of nitrogens with one attached hydrogen (secondary N) is 3. The molecule has 6 nitrogen and oxygen atoms in total. The Kier molecular flexibility index (Phi) is 6.61. The highest BCUT2D eigenvalue weighted by atomic mass is 32.1. The third-order valence-corrected chi connectivity index (χ3v) is 3.73. The number of thiocarbonyl (C=S) groups is 1. The first kappa shape index (κ1) is 17.5. The van der Waals surface area contributed by atoms with Crippen LogP contribution in [0.15, 0.2) is 24.3 Å². The van der Waals surface area contributed by atoms with Gasteiger partial charge in [-0.2, -0.15) is 0 Å². The van der Waals surface area contributed by atoms with Crippen LogP contribution in [-0.2, 0) is 9.53 Å².